The Morgan fingerprint density at radius 1 is 1.24 bits per heavy atom. The molecule has 6 nitrogen and oxygen atoms in total. The molecule has 1 aromatic carbocycles. The Labute approximate surface area is 154 Å². The van der Waals surface area contributed by atoms with Crippen LogP contribution in [0.3, 0.4) is 0 Å². The van der Waals surface area contributed by atoms with E-state index >= 15 is 0 Å². The van der Waals surface area contributed by atoms with Gasteiger partial charge in [0.15, 0.2) is 0 Å². The van der Waals surface area contributed by atoms with E-state index in [0.717, 1.165) is 17.0 Å². The van der Waals surface area contributed by atoms with Crippen LogP contribution in [-0.2, 0) is 13.6 Å². The largest absolute Gasteiger partial charge is 0.497 e. The van der Waals surface area contributed by atoms with Crippen molar-refractivity contribution in [3.8, 4) is 17.0 Å². The minimum atomic E-state index is -0.193. The summed E-state index contributed by atoms with van der Waals surface area (Å²) in [6.45, 7) is 0.335. The lowest BCUT2D eigenvalue weighted by molar-refractivity contribution is 0.0949. The first-order valence-corrected chi connectivity index (χ1v) is 8.43. The SMILES string of the molecule is COc1ccc(Br)c(C(=O)NCc2cc(-c3ccncc3)n(C)n2)c1. The van der Waals surface area contributed by atoms with Gasteiger partial charge in [0.25, 0.3) is 5.91 Å². The van der Waals surface area contributed by atoms with Crippen molar-refractivity contribution in [2.45, 2.75) is 6.54 Å². The molecule has 0 aliphatic carbocycles. The van der Waals surface area contributed by atoms with Gasteiger partial charge in [0.05, 0.1) is 30.6 Å². The Kier molecular flexibility index (Phi) is 5.14. The first kappa shape index (κ1) is 17.2. The number of hydrogen-bond acceptors (Lipinski definition) is 4. The smallest absolute Gasteiger partial charge is 0.252 e. The average molecular weight is 401 g/mol. The van der Waals surface area contributed by atoms with Gasteiger partial charge in [-0.05, 0) is 52.3 Å². The van der Waals surface area contributed by atoms with Crippen LogP contribution in [0.2, 0.25) is 0 Å². The second kappa shape index (κ2) is 7.48. The van der Waals surface area contributed by atoms with E-state index < -0.39 is 0 Å². The van der Waals surface area contributed by atoms with Crippen molar-refractivity contribution in [2.24, 2.45) is 7.05 Å². The second-order valence-corrected chi connectivity index (χ2v) is 6.26. The van der Waals surface area contributed by atoms with Crippen LogP contribution in [0.15, 0.2) is 53.3 Å². The second-order valence-electron chi connectivity index (χ2n) is 5.41. The van der Waals surface area contributed by atoms with Gasteiger partial charge in [-0.2, -0.15) is 5.10 Å². The summed E-state index contributed by atoms with van der Waals surface area (Å²) in [5.41, 5.74) is 3.29. The molecule has 25 heavy (non-hydrogen) atoms. The molecule has 1 N–H and O–H groups in total. The molecule has 0 aliphatic rings. The standard InChI is InChI=1S/C18H17BrN4O2/c1-23-17(12-5-7-20-8-6-12)9-13(22-23)11-21-18(24)15-10-14(25-2)3-4-16(15)19/h3-10H,11H2,1-2H3,(H,21,24). The summed E-state index contributed by atoms with van der Waals surface area (Å²) in [4.78, 5) is 16.5. The molecule has 1 amide bonds. The van der Waals surface area contributed by atoms with Gasteiger partial charge in [0.2, 0.25) is 0 Å². The minimum absolute atomic E-state index is 0.193. The van der Waals surface area contributed by atoms with E-state index in [9.17, 15) is 4.79 Å². The summed E-state index contributed by atoms with van der Waals surface area (Å²) in [6, 6.07) is 11.1. The predicted octanol–water partition coefficient (Wildman–Crippen LogP) is 3.18. The third kappa shape index (κ3) is 3.88. The lowest BCUT2D eigenvalue weighted by Gasteiger charge is -2.07. The molecular weight excluding hydrogens is 384 g/mol. The van der Waals surface area contributed by atoms with Crippen molar-refractivity contribution in [1.29, 1.82) is 0 Å². The van der Waals surface area contributed by atoms with Gasteiger partial charge in [0, 0.05) is 29.5 Å². The average Bonchev–Trinajstić information content (AvgIpc) is 3.01. The van der Waals surface area contributed by atoms with Gasteiger partial charge >= 0.3 is 0 Å². The van der Waals surface area contributed by atoms with Crippen molar-refractivity contribution in [3.05, 3.63) is 64.5 Å². The maximum absolute atomic E-state index is 12.4. The van der Waals surface area contributed by atoms with Crippen molar-refractivity contribution >= 4 is 21.8 Å². The van der Waals surface area contributed by atoms with Crippen LogP contribution >= 0.6 is 15.9 Å². The first-order valence-electron chi connectivity index (χ1n) is 7.63. The molecule has 0 radical (unpaired) electrons. The van der Waals surface area contributed by atoms with Gasteiger partial charge < -0.3 is 10.1 Å². The molecule has 0 unspecified atom stereocenters. The van der Waals surface area contributed by atoms with Crippen LogP contribution in [0, 0.1) is 0 Å². The van der Waals surface area contributed by atoms with Crippen LogP contribution in [0.4, 0.5) is 0 Å². The zero-order valence-electron chi connectivity index (χ0n) is 13.9. The van der Waals surface area contributed by atoms with E-state index in [1.807, 2.05) is 25.2 Å². The Morgan fingerprint density at radius 3 is 2.72 bits per heavy atom. The van der Waals surface area contributed by atoms with Gasteiger partial charge in [-0.15, -0.1) is 0 Å². The number of amides is 1. The number of nitrogens with zero attached hydrogens (tertiary/aromatic N) is 3. The zero-order valence-corrected chi connectivity index (χ0v) is 15.4. The van der Waals surface area contributed by atoms with Gasteiger partial charge in [0.1, 0.15) is 5.75 Å². The lowest BCUT2D eigenvalue weighted by Crippen LogP contribution is -2.23. The minimum Gasteiger partial charge on any atom is -0.497 e. The van der Waals surface area contributed by atoms with Crippen molar-refractivity contribution in [3.63, 3.8) is 0 Å². The number of methoxy groups -OCH3 is 1. The van der Waals surface area contributed by atoms with Gasteiger partial charge in [-0.1, -0.05) is 0 Å². The summed E-state index contributed by atoms with van der Waals surface area (Å²) in [7, 11) is 3.44. The molecule has 0 bridgehead atoms. The molecule has 7 heteroatoms. The van der Waals surface area contributed by atoms with E-state index in [-0.39, 0.29) is 5.91 Å². The molecule has 0 aliphatic heterocycles. The maximum atomic E-state index is 12.4. The maximum Gasteiger partial charge on any atom is 0.252 e. The predicted molar refractivity (Wildman–Crippen MR) is 98.3 cm³/mol. The first-order chi connectivity index (χ1) is 12.1. The molecule has 3 aromatic rings. The zero-order chi connectivity index (χ0) is 17.8. The quantitative estimate of drug-likeness (QED) is 0.713. The molecule has 0 saturated carbocycles. The molecule has 0 saturated heterocycles. The van der Waals surface area contributed by atoms with Crippen LogP contribution in [0.5, 0.6) is 5.75 Å². The number of rotatable bonds is 5. The Morgan fingerprint density at radius 2 is 2.00 bits per heavy atom. The number of aryl methyl sites for hydroxylation is 1. The number of aromatic nitrogens is 3. The fourth-order valence-electron chi connectivity index (χ4n) is 2.48. The van der Waals surface area contributed by atoms with Crippen molar-refractivity contribution in [2.75, 3.05) is 7.11 Å². The van der Waals surface area contributed by atoms with Crippen molar-refractivity contribution < 1.29 is 9.53 Å². The van der Waals surface area contributed by atoms with E-state index in [1.54, 1.807) is 42.4 Å². The Bertz CT molecular complexity index is 893. The molecule has 3 rings (SSSR count). The molecule has 0 spiro atoms. The fraction of sp³-hybridized carbons (Fsp3) is 0.167. The highest BCUT2D eigenvalue weighted by Crippen LogP contribution is 2.23. The highest BCUT2D eigenvalue weighted by molar-refractivity contribution is 9.10. The number of halogens is 1. The molecule has 2 heterocycles. The molecule has 2 aromatic heterocycles. The topological polar surface area (TPSA) is 69.0 Å². The van der Waals surface area contributed by atoms with Crippen LogP contribution in [0.25, 0.3) is 11.3 Å². The molecule has 0 atom stereocenters. The lowest BCUT2D eigenvalue weighted by atomic mass is 10.2. The van der Waals surface area contributed by atoms with Crippen molar-refractivity contribution in [1.82, 2.24) is 20.1 Å². The van der Waals surface area contributed by atoms with E-state index in [1.165, 1.54) is 0 Å². The Balaban J connectivity index is 1.73. The third-order valence-electron chi connectivity index (χ3n) is 3.75. The number of carbonyl (C=O) groups is 1. The summed E-state index contributed by atoms with van der Waals surface area (Å²) in [5, 5.41) is 7.34. The van der Waals surface area contributed by atoms with Gasteiger partial charge in [-0.3, -0.25) is 14.5 Å². The number of carbonyl (C=O) groups excluding carboxylic acids is 1. The Hall–Kier alpha value is -2.67. The summed E-state index contributed by atoms with van der Waals surface area (Å²) in [6.07, 6.45) is 3.48. The summed E-state index contributed by atoms with van der Waals surface area (Å²) in [5.74, 6) is 0.438. The van der Waals surface area contributed by atoms with Crippen LogP contribution in [-0.4, -0.2) is 27.8 Å². The highest BCUT2D eigenvalue weighted by Gasteiger charge is 2.13. The number of nitrogens with one attached hydrogen (secondary N) is 1. The number of pyridine rings is 1. The molecular formula is C18H17BrN4O2. The molecule has 128 valence electrons. The number of hydrogen-bond donors (Lipinski definition) is 1. The van der Waals surface area contributed by atoms with E-state index in [2.05, 4.69) is 31.3 Å². The number of benzene rings is 1. The number of ether oxygens (including phenoxy) is 1. The fourth-order valence-corrected chi connectivity index (χ4v) is 2.90. The van der Waals surface area contributed by atoms with Gasteiger partial charge in [-0.25, -0.2) is 0 Å². The van der Waals surface area contributed by atoms with Crippen LogP contribution in [0.1, 0.15) is 16.1 Å². The highest BCUT2D eigenvalue weighted by atomic mass is 79.9. The summed E-state index contributed by atoms with van der Waals surface area (Å²) >= 11 is 3.39. The van der Waals surface area contributed by atoms with Crippen LogP contribution < -0.4 is 10.1 Å². The molecule has 0 fully saturated rings. The normalized spacial score (nSPS) is 10.5. The monoisotopic (exact) mass is 400 g/mol. The third-order valence-corrected chi connectivity index (χ3v) is 4.45. The summed E-state index contributed by atoms with van der Waals surface area (Å²) < 4.78 is 7.67. The van der Waals surface area contributed by atoms with E-state index in [4.69, 9.17) is 4.74 Å². The van der Waals surface area contributed by atoms with E-state index in [0.29, 0.717) is 22.3 Å².